The van der Waals surface area contributed by atoms with Gasteiger partial charge in [0.15, 0.2) is 5.82 Å². The van der Waals surface area contributed by atoms with Crippen LogP contribution in [0, 0.1) is 0 Å². The third-order valence-electron chi connectivity index (χ3n) is 1.32. The van der Waals surface area contributed by atoms with E-state index in [9.17, 15) is 4.79 Å². The topological polar surface area (TPSA) is 58.1 Å². The molecule has 1 aromatic rings. The summed E-state index contributed by atoms with van der Waals surface area (Å²) in [4.78, 5) is 21.1. The van der Waals surface area contributed by atoms with E-state index in [-0.39, 0.29) is 5.56 Å². The molecule has 12 heavy (non-hydrogen) atoms. The van der Waals surface area contributed by atoms with Crippen LogP contribution in [0.3, 0.4) is 0 Å². The normalized spacial score (nSPS) is 12.6. The Morgan fingerprint density at radius 1 is 1.58 bits per heavy atom. The number of aliphatic imine (C=N–C) groups is 1. The van der Waals surface area contributed by atoms with E-state index in [2.05, 4.69) is 49.2 Å². The van der Waals surface area contributed by atoms with Crippen molar-refractivity contribution >= 4 is 37.9 Å². The number of H-pyrrole nitrogens is 1. The summed E-state index contributed by atoms with van der Waals surface area (Å²) in [6.07, 6.45) is 1.22. The van der Waals surface area contributed by atoms with Gasteiger partial charge in [-0.15, -0.1) is 0 Å². The summed E-state index contributed by atoms with van der Waals surface area (Å²) >= 11 is 2.06. The third kappa shape index (κ3) is 1.14. The molecule has 0 saturated carbocycles. The molecule has 0 saturated heterocycles. The minimum Gasteiger partial charge on any atom is -0.303 e. The first-order valence-corrected chi connectivity index (χ1v) is 4.19. The van der Waals surface area contributed by atoms with Gasteiger partial charge in [-0.05, 0) is 28.3 Å². The second kappa shape index (κ2) is 2.71. The van der Waals surface area contributed by atoms with Crippen molar-refractivity contribution in [2.45, 2.75) is 0 Å². The van der Waals surface area contributed by atoms with Crippen molar-refractivity contribution < 1.29 is 0 Å². The molecule has 0 aromatic carbocycles. The van der Waals surface area contributed by atoms with Crippen LogP contribution >= 0.6 is 22.6 Å². The lowest BCUT2D eigenvalue weighted by molar-refractivity contribution is 1.11. The molecule has 1 aromatic heterocycles. The van der Waals surface area contributed by atoms with E-state index in [0.717, 1.165) is 3.58 Å². The van der Waals surface area contributed by atoms with Gasteiger partial charge < -0.3 is 4.98 Å². The summed E-state index contributed by atoms with van der Waals surface area (Å²) < 4.78 is 0.800. The standard InChI is InChI=1S/C7H2IN3O/c8-4-1-2-9-7-6(4)10-3-5(12)11-7/h3H,(H,9,11,12). The summed E-state index contributed by atoms with van der Waals surface area (Å²) in [6.45, 7) is 0. The summed E-state index contributed by atoms with van der Waals surface area (Å²) in [5.74, 6) is 2.99. The molecule has 0 atom stereocenters. The summed E-state index contributed by atoms with van der Waals surface area (Å²) in [7, 11) is 0. The molecule has 1 N–H and O–H groups in total. The molecule has 2 heterocycles. The fraction of sp³-hybridized carbons (Fsp3) is 0. The van der Waals surface area contributed by atoms with Gasteiger partial charge in [0.05, 0.1) is 9.78 Å². The molecular weight excluding hydrogens is 269 g/mol. The van der Waals surface area contributed by atoms with Crippen molar-refractivity contribution in [1.82, 2.24) is 9.97 Å². The van der Waals surface area contributed by atoms with Gasteiger partial charge in [0.1, 0.15) is 5.69 Å². The number of nitrogens with one attached hydrogen (secondary N) is 1. The highest BCUT2D eigenvalue weighted by atomic mass is 127. The molecule has 0 aliphatic carbocycles. The van der Waals surface area contributed by atoms with Crippen LogP contribution in [0.5, 0.6) is 0 Å². The van der Waals surface area contributed by atoms with E-state index in [1.807, 2.05) is 0 Å². The lowest BCUT2D eigenvalue weighted by atomic mass is 10.3. The van der Waals surface area contributed by atoms with E-state index >= 15 is 0 Å². The molecule has 0 spiro atoms. The number of rotatable bonds is 0. The Morgan fingerprint density at radius 2 is 2.42 bits per heavy atom. The number of aromatic nitrogens is 2. The fourth-order valence-corrected chi connectivity index (χ4v) is 1.34. The number of hydrogen-bond donors (Lipinski definition) is 1. The molecule has 0 radical (unpaired) electrons. The van der Waals surface area contributed by atoms with Crippen LogP contribution in [0.4, 0.5) is 5.82 Å². The first-order valence-electron chi connectivity index (χ1n) is 3.11. The van der Waals surface area contributed by atoms with Gasteiger partial charge in [-0.1, -0.05) is 0 Å². The van der Waals surface area contributed by atoms with Crippen LogP contribution in [0.1, 0.15) is 5.69 Å². The van der Waals surface area contributed by atoms with Gasteiger partial charge in [-0.25, -0.2) is 4.98 Å². The minimum absolute atomic E-state index is 0.259. The van der Waals surface area contributed by atoms with Crippen molar-refractivity contribution in [3.8, 4) is 0 Å². The third-order valence-corrected chi connectivity index (χ3v) is 2.10. The SMILES string of the molecule is O=c1cnc2c([nH]1)N=C=C=C2I. The van der Waals surface area contributed by atoms with E-state index in [1.165, 1.54) is 6.20 Å². The lowest BCUT2D eigenvalue weighted by Gasteiger charge is -2.00. The molecular formula is C7H2IN3O. The molecule has 0 amide bonds. The predicted octanol–water partition coefficient (Wildman–Crippen LogP) is 1.02. The van der Waals surface area contributed by atoms with Gasteiger partial charge in [0.25, 0.3) is 5.56 Å². The number of aromatic amines is 1. The van der Waals surface area contributed by atoms with Gasteiger partial charge in [0.2, 0.25) is 0 Å². The van der Waals surface area contributed by atoms with Gasteiger partial charge in [0, 0.05) is 5.87 Å². The highest BCUT2D eigenvalue weighted by molar-refractivity contribution is 14.1. The van der Waals surface area contributed by atoms with Crippen molar-refractivity contribution in [2.75, 3.05) is 0 Å². The Morgan fingerprint density at radius 3 is 3.25 bits per heavy atom. The average molecular weight is 271 g/mol. The Kier molecular flexibility index (Phi) is 1.69. The second-order valence-electron chi connectivity index (χ2n) is 2.11. The Balaban J connectivity index is 2.81. The molecule has 0 fully saturated rings. The largest absolute Gasteiger partial charge is 0.303 e. The lowest BCUT2D eigenvalue weighted by Crippen LogP contribution is -2.06. The van der Waals surface area contributed by atoms with Crippen molar-refractivity contribution in [3.05, 3.63) is 28.0 Å². The predicted molar refractivity (Wildman–Crippen MR) is 52.9 cm³/mol. The molecule has 5 heteroatoms. The summed E-state index contributed by atoms with van der Waals surface area (Å²) in [6, 6.07) is 0. The first-order chi connectivity index (χ1) is 5.77. The average Bonchev–Trinajstić information content (AvgIpc) is 2.04. The maximum absolute atomic E-state index is 10.8. The zero-order chi connectivity index (χ0) is 8.55. The quantitative estimate of drug-likeness (QED) is 0.565. The Bertz CT molecular complexity index is 490. The smallest absolute Gasteiger partial charge is 0.268 e. The molecule has 1 aliphatic rings. The maximum Gasteiger partial charge on any atom is 0.268 e. The van der Waals surface area contributed by atoms with Crippen LogP contribution < -0.4 is 5.56 Å². The van der Waals surface area contributed by atoms with E-state index < -0.39 is 0 Å². The highest BCUT2D eigenvalue weighted by Gasteiger charge is 2.08. The number of hydrogen-bond acceptors (Lipinski definition) is 3. The van der Waals surface area contributed by atoms with Crippen LogP contribution in [-0.4, -0.2) is 15.8 Å². The van der Waals surface area contributed by atoms with Gasteiger partial charge in [-0.2, -0.15) is 4.99 Å². The van der Waals surface area contributed by atoms with Gasteiger partial charge >= 0.3 is 0 Å². The molecule has 58 valence electrons. The number of halogens is 1. The van der Waals surface area contributed by atoms with E-state index in [4.69, 9.17) is 0 Å². The Hall–Kier alpha value is -1.16. The number of nitrogens with zero attached hydrogens (tertiary/aromatic N) is 2. The number of fused-ring (bicyclic) bond motifs is 1. The van der Waals surface area contributed by atoms with Crippen molar-refractivity contribution in [2.24, 2.45) is 4.99 Å². The monoisotopic (exact) mass is 271 g/mol. The van der Waals surface area contributed by atoms with Crippen LogP contribution in [0.25, 0.3) is 3.58 Å². The molecule has 0 bridgehead atoms. The molecule has 1 aliphatic heterocycles. The minimum atomic E-state index is -0.259. The second-order valence-corrected chi connectivity index (χ2v) is 3.19. The van der Waals surface area contributed by atoms with Crippen LogP contribution in [-0.2, 0) is 0 Å². The van der Waals surface area contributed by atoms with Gasteiger partial charge in [-0.3, -0.25) is 4.79 Å². The maximum atomic E-state index is 10.8. The van der Waals surface area contributed by atoms with E-state index in [0.29, 0.717) is 11.5 Å². The zero-order valence-corrected chi connectivity index (χ0v) is 7.92. The van der Waals surface area contributed by atoms with Crippen molar-refractivity contribution in [1.29, 1.82) is 0 Å². The molecule has 2 rings (SSSR count). The van der Waals surface area contributed by atoms with E-state index in [1.54, 1.807) is 0 Å². The summed E-state index contributed by atoms with van der Waals surface area (Å²) in [5.41, 5.74) is 3.15. The highest BCUT2D eigenvalue weighted by Crippen LogP contribution is 2.25. The molecule has 0 unspecified atom stereocenters. The van der Waals surface area contributed by atoms with Crippen molar-refractivity contribution in [3.63, 3.8) is 0 Å². The van der Waals surface area contributed by atoms with Crippen LogP contribution in [0.15, 0.2) is 21.7 Å². The van der Waals surface area contributed by atoms with Crippen LogP contribution in [0.2, 0.25) is 0 Å². The summed E-state index contributed by atoms with van der Waals surface area (Å²) in [5, 5.41) is 0. The fourth-order valence-electron chi connectivity index (χ4n) is 0.826. The zero-order valence-electron chi connectivity index (χ0n) is 5.76. The molecule has 4 nitrogen and oxygen atoms in total. The Labute approximate surface area is 80.9 Å². The first kappa shape index (κ1) is 7.49.